The zero-order chi connectivity index (χ0) is 16.9. The highest BCUT2D eigenvalue weighted by Crippen LogP contribution is 2.25. The van der Waals surface area contributed by atoms with Crippen molar-refractivity contribution in [1.29, 1.82) is 0 Å². The Bertz CT molecular complexity index is 795. The zero-order valence-electron chi connectivity index (χ0n) is 13.3. The molecular weight excluding hydrogens is 304 g/mol. The van der Waals surface area contributed by atoms with Crippen LogP contribution in [0.1, 0.15) is 21.5 Å². The van der Waals surface area contributed by atoms with Crippen LogP contribution in [0.25, 0.3) is 6.08 Å². The number of fused-ring (bicyclic) bond motifs is 1. The summed E-state index contributed by atoms with van der Waals surface area (Å²) in [6.45, 7) is 0.657. The van der Waals surface area contributed by atoms with Crippen LogP contribution in [0.3, 0.4) is 0 Å². The number of para-hydroxylation sites is 1. The van der Waals surface area contributed by atoms with Gasteiger partial charge in [-0.3, -0.25) is 9.59 Å². The maximum Gasteiger partial charge on any atom is 0.251 e. The molecule has 2 aromatic carbocycles. The predicted molar refractivity (Wildman–Crippen MR) is 91.6 cm³/mol. The van der Waals surface area contributed by atoms with Gasteiger partial charge in [0.15, 0.2) is 0 Å². The number of hydrogen-bond donors (Lipinski definition) is 2. The molecule has 0 fully saturated rings. The van der Waals surface area contributed by atoms with Gasteiger partial charge in [-0.25, -0.2) is 0 Å². The second kappa shape index (κ2) is 7.00. The quantitative estimate of drug-likeness (QED) is 0.906. The topological polar surface area (TPSA) is 67.4 Å². The third kappa shape index (κ3) is 3.46. The molecule has 2 amide bonds. The van der Waals surface area contributed by atoms with Gasteiger partial charge in [-0.15, -0.1) is 0 Å². The number of amides is 2. The largest absolute Gasteiger partial charge is 0.488 e. The van der Waals surface area contributed by atoms with Crippen LogP contribution in [0.2, 0.25) is 0 Å². The Morgan fingerprint density at radius 1 is 1.04 bits per heavy atom. The molecule has 1 heterocycles. The van der Waals surface area contributed by atoms with Crippen LogP contribution in [0.5, 0.6) is 5.75 Å². The van der Waals surface area contributed by atoms with E-state index in [9.17, 15) is 9.59 Å². The summed E-state index contributed by atoms with van der Waals surface area (Å²) in [5.74, 6) is 0.507. The molecule has 3 rings (SSSR count). The number of carbonyl (C=O) groups is 2. The molecule has 2 N–H and O–H groups in total. The molecule has 0 bridgehead atoms. The van der Waals surface area contributed by atoms with Crippen LogP contribution >= 0.6 is 0 Å². The monoisotopic (exact) mass is 322 g/mol. The van der Waals surface area contributed by atoms with Crippen LogP contribution in [-0.2, 0) is 11.3 Å². The van der Waals surface area contributed by atoms with E-state index in [4.69, 9.17) is 4.74 Å². The van der Waals surface area contributed by atoms with Gasteiger partial charge in [-0.2, -0.15) is 0 Å². The second-order valence-corrected chi connectivity index (χ2v) is 5.45. The van der Waals surface area contributed by atoms with Crippen molar-refractivity contribution in [3.8, 4) is 5.75 Å². The van der Waals surface area contributed by atoms with Crippen molar-refractivity contribution < 1.29 is 14.3 Å². The van der Waals surface area contributed by atoms with Crippen LogP contribution in [-0.4, -0.2) is 25.5 Å². The molecule has 2 aromatic rings. The first kappa shape index (κ1) is 15.8. The predicted octanol–water partition coefficient (Wildman–Crippen LogP) is 2.14. The standard InChI is InChI=1S/C19H18N2O3/c1-20-18(22)14-8-6-13(7-9-14)11-21-19(23)16-10-15-4-2-3-5-17(15)24-12-16/h2-10H,11-12H2,1H3,(H,20,22)(H,21,23). The van der Waals surface area contributed by atoms with Crippen LogP contribution in [0.15, 0.2) is 54.1 Å². The van der Waals surface area contributed by atoms with E-state index in [0.717, 1.165) is 16.9 Å². The van der Waals surface area contributed by atoms with Crippen LogP contribution in [0.4, 0.5) is 0 Å². The van der Waals surface area contributed by atoms with Crippen molar-refractivity contribution in [2.45, 2.75) is 6.54 Å². The summed E-state index contributed by atoms with van der Waals surface area (Å²) in [7, 11) is 1.59. The molecule has 0 aliphatic carbocycles. The number of hydrogen-bond acceptors (Lipinski definition) is 3. The average Bonchev–Trinajstić information content (AvgIpc) is 2.65. The summed E-state index contributed by atoms with van der Waals surface area (Å²) in [5, 5.41) is 5.45. The summed E-state index contributed by atoms with van der Waals surface area (Å²) in [4.78, 5) is 23.8. The van der Waals surface area contributed by atoms with Gasteiger partial charge in [0.1, 0.15) is 12.4 Å². The molecule has 0 unspecified atom stereocenters. The molecule has 24 heavy (non-hydrogen) atoms. The molecule has 1 aliphatic heterocycles. The van der Waals surface area contributed by atoms with Crippen LogP contribution in [0, 0.1) is 0 Å². The molecule has 122 valence electrons. The molecule has 0 aromatic heterocycles. The third-order valence-corrected chi connectivity index (χ3v) is 3.82. The van der Waals surface area contributed by atoms with Crippen molar-refractivity contribution in [1.82, 2.24) is 10.6 Å². The number of ether oxygens (including phenoxy) is 1. The Labute approximate surface area is 140 Å². The molecule has 1 aliphatic rings. The number of benzene rings is 2. The minimum atomic E-state index is -0.153. The second-order valence-electron chi connectivity index (χ2n) is 5.45. The molecular formula is C19H18N2O3. The fourth-order valence-electron chi connectivity index (χ4n) is 2.46. The van der Waals surface area contributed by atoms with Gasteiger partial charge in [-0.05, 0) is 29.8 Å². The first-order valence-corrected chi connectivity index (χ1v) is 7.69. The van der Waals surface area contributed by atoms with Gasteiger partial charge >= 0.3 is 0 Å². The lowest BCUT2D eigenvalue weighted by molar-refractivity contribution is -0.117. The Morgan fingerprint density at radius 3 is 2.54 bits per heavy atom. The van der Waals surface area contributed by atoms with Gasteiger partial charge < -0.3 is 15.4 Å². The fraction of sp³-hybridized carbons (Fsp3) is 0.158. The summed E-state index contributed by atoms with van der Waals surface area (Å²) in [5.41, 5.74) is 3.01. The van der Waals surface area contributed by atoms with E-state index in [0.29, 0.717) is 17.7 Å². The van der Waals surface area contributed by atoms with E-state index in [1.165, 1.54) is 0 Å². The van der Waals surface area contributed by atoms with Crippen molar-refractivity contribution >= 4 is 17.9 Å². The molecule has 5 heteroatoms. The normalized spacial score (nSPS) is 12.5. The average molecular weight is 322 g/mol. The minimum Gasteiger partial charge on any atom is -0.488 e. The van der Waals surface area contributed by atoms with E-state index in [2.05, 4.69) is 10.6 Å². The first-order valence-electron chi connectivity index (χ1n) is 7.69. The van der Waals surface area contributed by atoms with Gasteiger partial charge in [-0.1, -0.05) is 30.3 Å². The van der Waals surface area contributed by atoms with Crippen molar-refractivity contribution in [2.24, 2.45) is 0 Å². The smallest absolute Gasteiger partial charge is 0.251 e. The Balaban J connectivity index is 1.62. The molecule has 0 radical (unpaired) electrons. The fourth-order valence-corrected chi connectivity index (χ4v) is 2.46. The van der Waals surface area contributed by atoms with Crippen LogP contribution < -0.4 is 15.4 Å². The van der Waals surface area contributed by atoms with E-state index in [-0.39, 0.29) is 18.4 Å². The highest BCUT2D eigenvalue weighted by molar-refractivity contribution is 5.99. The summed E-state index contributed by atoms with van der Waals surface area (Å²) >= 11 is 0. The Morgan fingerprint density at radius 2 is 1.79 bits per heavy atom. The first-order chi connectivity index (χ1) is 11.7. The van der Waals surface area contributed by atoms with E-state index in [1.807, 2.05) is 42.5 Å². The summed E-state index contributed by atoms with van der Waals surface area (Å²) in [6.07, 6.45) is 1.85. The van der Waals surface area contributed by atoms with E-state index >= 15 is 0 Å². The molecule has 0 saturated carbocycles. The van der Waals surface area contributed by atoms with Gasteiger partial charge in [0.25, 0.3) is 11.8 Å². The maximum atomic E-state index is 12.3. The highest BCUT2D eigenvalue weighted by Gasteiger charge is 2.16. The lowest BCUT2D eigenvalue weighted by Gasteiger charge is -2.17. The Kier molecular flexibility index (Phi) is 4.61. The number of rotatable bonds is 4. The SMILES string of the molecule is CNC(=O)c1ccc(CNC(=O)C2=Cc3ccccc3OC2)cc1. The van der Waals surface area contributed by atoms with Crippen molar-refractivity contribution in [3.63, 3.8) is 0 Å². The van der Waals surface area contributed by atoms with E-state index in [1.54, 1.807) is 19.2 Å². The van der Waals surface area contributed by atoms with E-state index < -0.39 is 0 Å². The molecule has 0 spiro atoms. The third-order valence-electron chi connectivity index (χ3n) is 3.82. The van der Waals surface area contributed by atoms with Crippen molar-refractivity contribution in [3.05, 3.63) is 70.8 Å². The molecule has 0 atom stereocenters. The van der Waals surface area contributed by atoms with Gasteiger partial charge in [0, 0.05) is 24.7 Å². The number of nitrogens with one attached hydrogen (secondary N) is 2. The lowest BCUT2D eigenvalue weighted by atomic mass is 10.1. The Hall–Kier alpha value is -3.08. The molecule has 5 nitrogen and oxygen atoms in total. The summed E-state index contributed by atoms with van der Waals surface area (Å²) in [6, 6.07) is 14.7. The minimum absolute atomic E-state index is 0.131. The summed E-state index contributed by atoms with van der Waals surface area (Å²) < 4.78 is 5.59. The highest BCUT2D eigenvalue weighted by atomic mass is 16.5. The molecule has 0 saturated heterocycles. The maximum absolute atomic E-state index is 12.3. The lowest BCUT2D eigenvalue weighted by Crippen LogP contribution is -2.28. The zero-order valence-corrected chi connectivity index (χ0v) is 13.3. The van der Waals surface area contributed by atoms with Gasteiger partial charge in [0.05, 0.1) is 5.57 Å². The number of carbonyl (C=O) groups excluding carboxylic acids is 2. The van der Waals surface area contributed by atoms with Gasteiger partial charge in [0.2, 0.25) is 0 Å². The van der Waals surface area contributed by atoms with Crippen molar-refractivity contribution in [2.75, 3.05) is 13.7 Å².